The SMILES string of the molecule is CCC(C)C(NC(=O)C(NC(=O)C(Cc1ccc(O)cc1)NC(=O)C(N)CC(N)=O)C(C)O)C(=O)O. The third-order valence-electron chi connectivity index (χ3n) is 5.61. The van der Waals surface area contributed by atoms with Crippen molar-refractivity contribution in [2.75, 3.05) is 0 Å². The number of aliphatic hydroxyl groups excluding tert-OH is 1. The Balaban J connectivity index is 3.13. The molecule has 1 aromatic carbocycles. The van der Waals surface area contributed by atoms with Gasteiger partial charge in [-0.1, -0.05) is 32.4 Å². The number of aliphatic carboxylic acids is 1. The molecule has 0 fully saturated rings. The molecule has 0 bridgehead atoms. The maximum atomic E-state index is 13.1. The average molecular weight is 510 g/mol. The van der Waals surface area contributed by atoms with E-state index in [1.54, 1.807) is 13.8 Å². The van der Waals surface area contributed by atoms with Gasteiger partial charge in [0.25, 0.3) is 0 Å². The molecule has 13 heteroatoms. The zero-order valence-corrected chi connectivity index (χ0v) is 20.4. The number of aliphatic hydroxyl groups is 1. The molecule has 36 heavy (non-hydrogen) atoms. The molecule has 0 aliphatic heterocycles. The van der Waals surface area contributed by atoms with Gasteiger partial charge in [0, 0.05) is 6.42 Å². The fourth-order valence-corrected chi connectivity index (χ4v) is 3.25. The number of phenolic OH excluding ortho intramolecular Hbond substituents is 1. The summed E-state index contributed by atoms with van der Waals surface area (Å²) >= 11 is 0. The number of hydrogen-bond acceptors (Lipinski definition) is 8. The van der Waals surface area contributed by atoms with Gasteiger partial charge in [-0.15, -0.1) is 0 Å². The zero-order chi connectivity index (χ0) is 27.6. The van der Waals surface area contributed by atoms with E-state index in [-0.39, 0.29) is 12.2 Å². The van der Waals surface area contributed by atoms with Gasteiger partial charge < -0.3 is 42.7 Å². The first-order valence-corrected chi connectivity index (χ1v) is 11.4. The molecule has 0 spiro atoms. The summed E-state index contributed by atoms with van der Waals surface area (Å²) in [6.07, 6.45) is -1.53. The van der Waals surface area contributed by atoms with Gasteiger partial charge in [0.15, 0.2) is 0 Å². The molecule has 0 aliphatic rings. The van der Waals surface area contributed by atoms with Crippen molar-refractivity contribution in [2.24, 2.45) is 17.4 Å². The largest absolute Gasteiger partial charge is 0.508 e. The van der Waals surface area contributed by atoms with Crippen molar-refractivity contribution in [3.05, 3.63) is 29.8 Å². The van der Waals surface area contributed by atoms with Crippen LogP contribution in [0.5, 0.6) is 5.75 Å². The van der Waals surface area contributed by atoms with Crippen molar-refractivity contribution in [3.8, 4) is 5.75 Å². The lowest BCUT2D eigenvalue weighted by atomic mass is 9.98. The van der Waals surface area contributed by atoms with E-state index in [1.807, 2.05) is 0 Å². The zero-order valence-electron chi connectivity index (χ0n) is 20.4. The highest BCUT2D eigenvalue weighted by Crippen LogP contribution is 2.13. The molecule has 200 valence electrons. The second-order valence-corrected chi connectivity index (χ2v) is 8.65. The predicted octanol–water partition coefficient (Wildman–Crippen LogP) is -1.90. The van der Waals surface area contributed by atoms with Gasteiger partial charge in [0.05, 0.1) is 18.6 Å². The molecule has 6 atom stereocenters. The maximum absolute atomic E-state index is 13.1. The Hall–Kier alpha value is -3.71. The van der Waals surface area contributed by atoms with Gasteiger partial charge in [-0.3, -0.25) is 19.2 Å². The summed E-state index contributed by atoms with van der Waals surface area (Å²) in [4.78, 5) is 61.0. The van der Waals surface area contributed by atoms with Crippen molar-refractivity contribution >= 4 is 29.6 Å². The molecule has 0 saturated heterocycles. The number of carboxylic acids is 1. The summed E-state index contributed by atoms with van der Waals surface area (Å²) in [7, 11) is 0. The summed E-state index contributed by atoms with van der Waals surface area (Å²) in [6, 6.07) is 0.332. The Morgan fingerprint density at radius 1 is 0.917 bits per heavy atom. The molecule has 10 N–H and O–H groups in total. The number of primary amides is 1. The van der Waals surface area contributed by atoms with E-state index >= 15 is 0 Å². The van der Waals surface area contributed by atoms with Crippen LogP contribution in [0.2, 0.25) is 0 Å². The van der Waals surface area contributed by atoms with Gasteiger partial charge in [0.2, 0.25) is 23.6 Å². The third kappa shape index (κ3) is 9.50. The lowest BCUT2D eigenvalue weighted by Crippen LogP contribution is -2.60. The monoisotopic (exact) mass is 509 g/mol. The van der Waals surface area contributed by atoms with Gasteiger partial charge >= 0.3 is 5.97 Å². The highest BCUT2D eigenvalue weighted by molar-refractivity contribution is 5.95. The first-order chi connectivity index (χ1) is 16.8. The van der Waals surface area contributed by atoms with E-state index in [9.17, 15) is 39.3 Å². The summed E-state index contributed by atoms with van der Waals surface area (Å²) in [6.45, 7) is 4.62. The van der Waals surface area contributed by atoms with E-state index in [0.29, 0.717) is 12.0 Å². The second-order valence-electron chi connectivity index (χ2n) is 8.65. The van der Waals surface area contributed by atoms with Crippen molar-refractivity contribution in [3.63, 3.8) is 0 Å². The fourth-order valence-electron chi connectivity index (χ4n) is 3.25. The summed E-state index contributed by atoms with van der Waals surface area (Å²) in [5, 5.41) is 36.1. The number of phenols is 1. The highest BCUT2D eigenvalue weighted by atomic mass is 16.4. The number of hydrogen-bond donors (Lipinski definition) is 8. The minimum Gasteiger partial charge on any atom is -0.508 e. The Morgan fingerprint density at radius 2 is 1.47 bits per heavy atom. The van der Waals surface area contributed by atoms with Gasteiger partial charge in [-0.2, -0.15) is 0 Å². The normalized spacial score (nSPS) is 15.9. The van der Waals surface area contributed by atoms with Crippen LogP contribution in [-0.2, 0) is 30.4 Å². The van der Waals surface area contributed by atoms with Crippen molar-refractivity contribution in [2.45, 2.75) is 70.3 Å². The maximum Gasteiger partial charge on any atom is 0.326 e. The molecule has 0 radical (unpaired) electrons. The number of nitrogens with one attached hydrogen (secondary N) is 3. The van der Waals surface area contributed by atoms with Crippen molar-refractivity contribution < 1.29 is 39.3 Å². The van der Waals surface area contributed by atoms with Crippen molar-refractivity contribution in [1.82, 2.24) is 16.0 Å². The second kappa shape index (κ2) is 14.0. The molecule has 0 saturated carbocycles. The van der Waals surface area contributed by atoms with Crippen LogP contribution in [0.4, 0.5) is 0 Å². The number of carbonyl (C=O) groups excluding carboxylic acids is 4. The Morgan fingerprint density at radius 3 is 1.94 bits per heavy atom. The number of carboxylic acid groups (broad SMARTS) is 1. The molecular weight excluding hydrogens is 474 g/mol. The molecule has 6 unspecified atom stereocenters. The third-order valence-corrected chi connectivity index (χ3v) is 5.61. The van der Waals surface area contributed by atoms with E-state index in [0.717, 1.165) is 0 Å². The highest BCUT2D eigenvalue weighted by Gasteiger charge is 2.34. The number of carbonyl (C=O) groups is 5. The van der Waals surface area contributed by atoms with Crippen LogP contribution in [-0.4, -0.2) is 75.2 Å². The van der Waals surface area contributed by atoms with Crippen LogP contribution < -0.4 is 27.4 Å². The Bertz CT molecular complexity index is 937. The number of aromatic hydroxyl groups is 1. The molecule has 1 rings (SSSR count). The van der Waals surface area contributed by atoms with Crippen LogP contribution in [0.15, 0.2) is 24.3 Å². The molecule has 0 aliphatic carbocycles. The van der Waals surface area contributed by atoms with Crippen LogP contribution in [0.1, 0.15) is 39.2 Å². The van der Waals surface area contributed by atoms with Crippen LogP contribution >= 0.6 is 0 Å². The summed E-state index contributed by atoms with van der Waals surface area (Å²) in [5.41, 5.74) is 11.3. The lowest BCUT2D eigenvalue weighted by molar-refractivity contribution is -0.144. The molecule has 4 amide bonds. The van der Waals surface area contributed by atoms with Crippen LogP contribution in [0.3, 0.4) is 0 Å². The molecule has 13 nitrogen and oxygen atoms in total. The Kier molecular flexibility index (Phi) is 11.8. The van der Waals surface area contributed by atoms with Crippen molar-refractivity contribution in [1.29, 1.82) is 0 Å². The minimum atomic E-state index is -1.54. The summed E-state index contributed by atoms with van der Waals surface area (Å²) < 4.78 is 0. The predicted molar refractivity (Wildman–Crippen MR) is 128 cm³/mol. The smallest absolute Gasteiger partial charge is 0.326 e. The Labute approximate surface area is 208 Å². The van der Waals surface area contributed by atoms with E-state index in [4.69, 9.17) is 11.5 Å². The molecule has 0 heterocycles. The number of rotatable bonds is 14. The average Bonchev–Trinajstić information content (AvgIpc) is 2.80. The topological polar surface area (TPSA) is 234 Å². The summed E-state index contributed by atoms with van der Waals surface area (Å²) in [5.74, 6) is -5.19. The molecule has 1 aromatic rings. The number of benzene rings is 1. The number of amides is 4. The first-order valence-electron chi connectivity index (χ1n) is 11.4. The lowest BCUT2D eigenvalue weighted by Gasteiger charge is -2.27. The fraction of sp³-hybridized carbons (Fsp3) is 0.522. The molecule has 0 aromatic heterocycles. The van der Waals surface area contributed by atoms with Crippen LogP contribution in [0.25, 0.3) is 0 Å². The van der Waals surface area contributed by atoms with E-state index in [2.05, 4.69) is 16.0 Å². The molecular formula is C23H35N5O8. The quantitative estimate of drug-likeness (QED) is 0.140. The first kappa shape index (κ1) is 30.3. The standard InChI is InChI=1S/C23H35N5O8/c1-4-11(2)18(23(35)36)27-22(34)19(12(3)29)28-21(33)16(9-13-5-7-14(30)8-6-13)26-20(32)15(24)10-17(25)31/h5-8,11-12,15-16,18-19,29-30H,4,9-10,24H2,1-3H3,(H2,25,31)(H,26,32)(H,27,34)(H,28,33)(H,35,36). The van der Waals surface area contributed by atoms with E-state index in [1.165, 1.54) is 31.2 Å². The van der Waals surface area contributed by atoms with Crippen LogP contribution in [0, 0.1) is 5.92 Å². The van der Waals surface area contributed by atoms with Gasteiger partial charge in [-0.25, -0.2) is 4.79 Å². The van der Waals surface area contributed by atoms with E-state index < -0.39 is 72.2 Å². The van der Waals surface area contributed by atoms with Gasteiger partial charge in [-0.05, 0) is 30.5 Å². The number of nitrogens with two attached hydrogens (primary N) is 2. The van der Waals surface area contributed by atoms with Gasteiger partial charge in [0.1, 0.15) is 23.9 Å². The minimum absolute atomic E-state index is 0.0209.